The molecule has 5 atom stereocenters. The second-order valence-electron chi connectivity index (χ2n) is 3.64. The van der Waals surface area contributed by atoms with Crippen LogP contribution < -0.4 is 0 Å². The smallest absolute Gasteiger partial charge is 0.111 e. The third kappa shape index (κ3) is 2.20. The van der Waals surface area contributed by atoms with E-state index in [1.54, 1.807) is 6.92 Å². The lowest BCUT2D eigenvalue weighted by atomic mass is 9.93. The Hall–Kier alpha value is -0.160. The molecule has 4 unspecified atom stereocenters. The Morgan fingerprint density at radius 2 is 1.69 bits per heavy atom. The van der Waals surface area contributed by atoms with Crippen molar-refractivity contribution in [3.05, 3.63) is 0 Å². The molecule has 4 nitrogen and oxygen atoms in total. The summed E-state index contributed by atoms with van der Waals surface area (Å²) in [5, 5.41) is 28.3. The summed E-state index contributed by atoms with van der Waals surface area (Å²) >= 11 is 0. The molecule has 0 spiro atoms. The molecule has 13 heavy (non-hydrogen) atoms. The van der Waals surface area contributed by atoms with Crippen molar-refractivity contribution in [1.29, 1.82) is 0 Å². The minimum Gasteiger partial charge on any atom is -0.388 e. The fourth-order valence-corrected chi connectivity index (χ4v) is 1.66. The summed E-state index contributed by atoms with van der Waals surface area (Å²) in [5.41, 5.74) is 0. The van der Waals surface area contributed by atoms with Gasteiger partial charge in [0.25, 0.3) is 0 Å². The first-order chi connectivity index (χ1) is 6.07. The highest BCUT2D eigenvalue weighted by molar-refractivity contribution is 4.90. The van der Waals surface area contributed by atoms with Gasteiger partial charge in [0.1, 0.15) is 18.3 Å². The van der Waals surface area contributed by atoms with Gasteiger partial charge >= 0.3 is 0 Å². The summed E-state index contributed by atoms with van der Waals surface area (Å²) in [6.45, 7) is 3.68. The summed E-state index contributed by atoms with van der Waals surface area (Å²) in [7, 11) is 0. The van der Waals surface area contributed by atoms with Crippen LogP contribution in [0, 0.1) is 0 Å². The molecule has 0 saturated carbocycles. The van der Waals surface area contributed by atoms with Gasteiger partial charge in [-0.25, -0.2) is 0 Å². The Morgan fingerprint density at radius 3 is 2.23 bits per heavy atom. The Kier molecular flexibility index (Phi) is 3.67. The van der Waals surface area contributed by atoms with Gasteiger partial charge < -0.3 is 20.1 Å². The van der Waals surface area contributed by atoms with Gasteiger partial charge in [0.2, 0.25) is 0 Å². The van der Waals surface area contributed by atoms with Crippen molar-refractivity contribution in [1.82, 2.24) is 0 Å². The van der Waals surface area contributed by atoms with Crippen molar-refractivity contribution in [2.24, 2.45) is 0 Å². The summed E-state index contributed by atoms with van der Waals surface area (Å²) in [4.78, 5) is 0. The van der Waals surface area contributed by atoms with Gasteiger partial charge in [-0.15, -0.1) is 0 Å². The van der Waals surface area contributed by atoms with E-state index in [2.05, 4.69) is 0 Å². The molecule has 4 heteroatoms. The maximum Gasteiger partial charge on any atom is 0.111 e. The maximum absolute atomic E-state index is 9.52. The van der Waals surface area contributed by atoms with Gasteiger partial charge in [-0.1, -0.05) is 13.3 Å². The predicted octanol–water partition coefficient (Wildman–Crippen LogP) is -0.344. The molecule has 0 aliphatic carbocycles. The maximum atomic E-state index is 9.52. The standard InChI is InChI=1S/C9H18O4/c1-3-4-6-8(11)9(12)7(10)5(2)13-6/h5-12H,3-4H2,1-2H3/t5?,6?,7?,8-,9?/m1/s1. The van der Waals surface area contributed by atoms with Crippen molar-refractivity contribution in [3.63, 3.8) is 0 Å². The Labute approximate surface area is 78.1 Å². The van der Waals surface area contributed by atoms with Crippen LogP contribution >= 0.6 is 0 Å². The minimum atomic E-state index is -1.08. The lowest BCUT2D eigenvalue weighted by molar-refractivity contribution is -0.218. The van der Waals surface area contributed by atoms with E-state index in [1.165, 1.54) is 0 Å². The SMILES string of the molecule is CCCC1OC(C)C(O)C(O)[C@@H]1O. The largest absolute Gasteiger partial charge is 0.388 e. The van der Waals surface area contributed by atoms with Gasteiger partial charge in [-0.3, -0.25) is 0 Å². The number of ether oxygens (including phenoxy) is 1. The van der Waals surface area contributed by atoms with Crippen LogP contribution in [0.15, 0.2) is 0 Å². The first kappa shape index (κ1) is 10.9. The Balaban J connectivity index is 2.59. The first-order valence-corrected chi connectivity index (χ1v) is 4.77. The first-order valence-electron chi connectivity index (χ1n) is 4.77. The highest BCUT2D eigenvalue weighted by atomic mass is 16.5. The molecule has 1 aliphatic rings. The van der Waals surface area contributed by atoms with E-state index in [0.29, 0.717) is 6.42 Å². The molecule has 3 N–H and O–H groups in total. The second-order valence-corrected chi connectivity index (χ2v) is 3.64. The molecule has 1 fully saturated rings. The molecule has 1 rings (SSSR count). The Morgan fingerprint density at radius 1 is 1.08 bits per heavy atom. The minimum absolute atomic E-state index is 0.349. The molecule has 1 aliphatic heterocycles. The van der Waals surface area contributed by atoms with Crippen molar-refractivity contribution < 1.29 is 20.1 Å². The van der Waals surface area contributed by atoms with Crippen molar-refractivity contribution in [2.45, 2.75) is 57.2 Å². The molecule has 0 bridgehead atoms. The fourth-order valence-electron chi connectivity index (χ4n) is 1.66. The quantitative estimate of drug-likeness (QED) is 0.557. The zero-order chi connectivity index (χ0) is 10.0. The second kappa shape index (κ2) is 4.37. The van der Waals surface area contributed by atoms with Gasteiger partial charge in [-0.2, -0.15) is 0 Å². The van der Waals surface area contributed by atoms with E-state index in [-0.39, 0.29) is 6.10 Å². The molecule has 0 aromatic rings. The molecular weight excluding hydrogens is 172 g/mol. The van der Waals surface area contributed by atoms with Gasteiger partial charge in [0.15, 0.2) is 0 Å². The zero-order valence-electron chi connectivity index (χ0n) is 8.05. The Bertz CT molecular complexity index is 162. The highest BCUT2D eigenvalue weighted by Crippen LogP contribution is 2.23. The molecule has 78 valence electrons. The van der Waals surface area contributed by atoms with Crippen LogP contribution in [0.3, 0.4) is 0 Å². The normalized spacial score (nSPS) is 46.4. The van der Waals surface area contributed by atoms with Crippen molar-refractivity contribution in [2.75, 3.05) is 0 Å². The predicted molar refractivity (Wildman–Crippen MR) is 47.3 cm³/mol. The van der Waals surface area contributed by atoms with E-state index in [4.69, 9.17) is 4.74 Å². The summed E-state index contributed by atoms with van der Waals surface area (Å²) in [6.07, 6.45) is -2.20. The number of hydrogen-bond donors (Lipinski definition) is 3. The lowest BCUT2D eigenvalue weighted by Crippen LogP contribution is -2.56. The monoisotopic (exact) mass is 190 g/mol. The van der Waals surface area contributed by atoms with E-state index < -0.39 is 24.4 Å². The van der Waals surface area contributed by atoms with Crippen LogP contribution in [0.5, 0.6) is 0 Å². The number of hydrogen-bond acceptors (Lipinski definition) is 4. The summed E-state index contributed by atoms with van der Waals surface area (Å²) in [6, 6.07) is 0. The van der Waals surface area contributed by atoms with Crippen LogP contribution in [-0.2, 0) is 4.74 Å². The van der Waals surface area contributed by atoms with Crippen LogP contribution in [0.4, 0.5) is 0 Å². The van der Waals surface area contributed by atoms with Gasteiger partial charge in [0, 0.05) is 0 Å². The van der Waals surface area contributed by atoms with E-state index in [9.17, 15) is 15.3 Å². The molecule has 0 aromatic carbocycles. The zero-order valence-corrected chi connectivity index (χ0v) is 8.05. The van der Waals surface area contributed by atoms with Gasteiger partial charge in [-0.05, 0) is 13.3 Å². The van der Waals surface area contributed by atoms with Crippen LogP contribution in [0.2, 0.25) is 0 Å². The lowest BCUT2D eigenvalue weighted by Gasteiger charge is -2.39. The summed E-state index contributed by atoms with van der Waals surface area (Å²) < 4.78 is 5.36. The molecule has 0 amide bonds. The third-order valence-corrected chi connectivity index (χ3v) is 2.52. The number of aliphatic hydroxyl groups excluding tert-OH is 3. The third-order valence-electron chi connectivity index (χ3n) is 2.52. The highest BCUT2D eigenvalue weighted by Gasteiger charge is 2.40. The molecule has 1 saturated heterocycles. The number of aliphatic hydroxyl groups is 3. The molecule has 1 heterocycles. The van der Waals surface area contributed by atoms with E-state index >= 15 is 0 Å². The van der Waals surface area contributed by atoms with Crippen LogP contribution in [0.1, 0.15) is 26.7 Å². The topological polar surface area (TPSA) is 69.9 Å². The average molecular weight is 190 g/mol. The van der Waals surface area contributed by atoms with Crippen molar-refractivity contribution >= 4 is 0 Å². The summed E-state index contributed by atoms with van der Waals surface area (Å²) in [5.74, 6) is 0. The van der Waals surface area contributed by atoms with Gasteiger partial charge in [0.05, 0.1) is 12.2 Å². The number of rotatable bonds is 2. The molecule has 0 aromatic heterocycles. The van der Waals surface area contributed by atoms with E-state index in [0.717, 1.165) is 6.42 Å². The average Bonchev–Trinajstić information content (AvgIpc) is 2.11. The molecule has 0 radical (unpaired) electrons. The van der Waals surface area contributed by atoms with Crippen LogP contribution in [0.25, 0.3) is 0 Å². The fraction of sp³-hybridized carbons (Fsp3) is 1.00. The van der Waals surface area contributed by atoms with Crippen LogP contribution in [-0.4, -0.2) is 45.8 Å². The van der Waals surface area contributed by atoms with Crippen molar-refractivity contribution in [3.8, 4) is 0 Å². The molecular formula is C9H18O4. The van der Waals surface area contributed by atoms with E-state index in [1.807, 2.05) is 6.92 Å².